The van der Waals surface area contributed by atoms with Crippen molar-refractivity contribution in [1.82, 2.24) is 10.2 Å². The Morgan fingerprint density at radius 3 is 1.89 bits per heavy atom. The molecule has 0 radical (unpaired) electrons. The lowest BCUT2D eigenvalue weighted by Crippen LogP contribution is -2.43. The van der Waals surface area contributed by atoms with Crippen molar-refractivity contribution in [3.63, 3.8) is 0 Å². The molecule has 0 spiro atoms. The van der Waals surface area contributed by atoms with E-state index in [2.05, 4.69) is 10.2 Å². The van der Waals surface area contributed by atoms with Crippen molar-refractivity contribution in [2.45, 2.75) is 25.0 Å². The first-order chi connectivity index (χ1) is 17.0. The number of nitrogens with one attached hydrogen (secondary N) is 1. The summed E-state index contributed by atoms with van der Waals surface area (Å²) in [5.41, 5.74) is 2.33. The molecule has 6 nitrogen and oxygen atoms in total. The predicted octanol–water partition coefficient (Wildman–Crippen LogP) is 5.41. The van der Waals surface area contributed by atoms with E-state index in [0.29, 0.717) is 6.42 Å². The number of ether oxygens (including phenoxy) is 1. The third-order valence-electron chi connectivity index (χ3n) is 6.27. The van der Waals surface area contributed by atoms with Gasteiger partial charge in [-0.05, 0) is 72.5 Å². The average molecular weight is 482 g/mol. The summed E-state index contributed by atoms with van der Waals surface area (Å²) in [6.07, 6.45) is 0.649. The molecule has 3 aromatic rings. The maximum atomic E-state index is 13.6. The van der Waals surface area contributed by atoms with Gasteiger partial charge in [-0.1, -0.05) is 24.3 Å². The topological polar surface area (TPSA) is 67.6 Å². The van der Waals surface area contributed by atoms with Crippen molar-refractivity contribution in [3.8, 4) is 0 Å². The zero-order chi connectivity index (χ0) is 24.6. The van der Waals surface area contributed by atoms with Crippen molar-refractivity contribution in [3.05, 3.63) is 111 Å². The molecule has 0 aromatic heterocycles. The highest BCUT2D eigenvalue weighted by atomic mass is 19.1. The number of benzene rings is 3. The summed E-state index contributed by atoms with van der Waals surface area (Å²) in [5.74, 6) is -0.705. The molecule has 1 aliphatic heterocycles. The summed E-state index contributed by atoms with van der Waals surface area (Å²) >= 11 is 0. The van der Waals surface area contributed by atoms with Crippen LogP contribution in [-0.2, 0) is 4.74 Å². The number of piperazine rings is 1. The maximum Gasteiger partial charge on any atom is 0.269 e. The van der Waals surface area contributed by atoms with E-state index < -0.39 is 11.0 Å². The van der Waals surface area contributed by atoms with Crippen molar-refractivity contribution in [2.75, 3.05) is 32.7 Å². The first-order valence-electron chi connectivity index (χ1n) is 11.8. The molecule has 0 saturated carbocycles. The van der Waals surface area contributed by atoms with Gasteiger partial charge in [0.15, 0.2) is 0 Å². The van der Waals surface area contributed by atoms with Gasteiger partial charge in [0.05, 0.1) is 11.0 Å². The Morgan fingerprint density at radius 1 is 0.857 bits per heavy atom. The Morgan fingerprint density at radius 2 is 1.37 bits per heavy atom. The summed E-state index contributed by atoms with van der Waals surface area (Å²) in [4.78, 5) is 13.1. The summed E-state index contributed by atoms with van der Waals surface area (Å²) in [7, 11) is 0. The normalized spacial score (nSPS) is 15.3. The molecule has 0 bridgehead atoms. The molecule has 1 atom stereocenters. The highest BCUT2D eigenvalue weighted by molar-refractivity contribution is 5.35. The zero-order valence-corrected chi connectivity index (χ0v) is 19.4. The molecule has 1 fully saturated rings. The van der Waals surface area contributed by atoms with Gasteiger partial charge in [-0.3, -0.25) is 10.1 Å². The van der Waals surface area contributed by atoms with Gasteiger partial charge in [0.25, 0.3) is 5.69 Å². The number of non-ortho nitro benzene ring substituents is 1. The van der Waals surface area contributed by atoms with E-state index >= 15 is 0 Å². The number of hydrogen-bond acceptors (Lipinski definition) is 5. The van der Waals surface area contributed by atoms with Gasteiger partial charge in [0, 0.05) is 38.3 Å². The largest absolute Gasteiger partial charge is 0.361 e. The lowest BCUT2D eigenvalue weighted by molar-refractivity contribution is -0.384. The number of nitrogens with zero attached hydrogens (tertiary/aromatic N) is 2. The minimum atomic E-state index is -0.560. The molecule has 184 valence electrons. The van der Waals surface area contributed by atoms with Crippen LogP contribution in [0.4, 0.5) is 14.5 Å². The minimum Gasteiger partial charge on any atom is -0.361 e. The SMILES string of the molecule is O=[N+]([O-])c1ccc(C(CCCN2CCNCC2)OC(c2ccc(F)cc2)c2ccc(F)cc2)cc1. The van der Waals surface area contributed by atoms with Gasteiger partial charge >= 0.3 is 0 Å². The molecular weight excluding hydrogens is 452 g/mol. The molecule has 1 N–H and O–H groups in total. The summed E-state index contributed by atoms with van der Waals surface area (Å²) < 4.78 is 33.9. The van der Waals surface area contributed by atoms with Crippen LogP contribution in [0, 0.1) is 21.7 Å². The molecule has 35 heavy (non-hydrogen) atoms. The van der Waals surface area contributed by atoms with Crippen LogP contribution in [0.3, 0.4) is 0 Å². The van der Waals surface area contributed by atoms with Crippen molar-refractivity contribution >= 4 is 5.69 Å². The molecular formula is C27H29F2N3O3. The molecule has 0 aliphatic carbocycles. The number of rotatable bonds is 10. The second kappa shape index (κ2) is 12.0. The summed E-state index contributed by atoms with van der Waals surface area (Å²) in [6, 6.07) is 18.6. The Bertz CT molecular complexity index is 1040. The summed E-state index contributed by atoms with van der Waals surface area (Å²) in [5, 5.41) is 14.5. The second-order valence-corrected chi connectivity index (χ2v) is 8.69. The van der Waals surface area contributed by atoms with Crippen LogP contribution >= 0.6 is 0 Å². The van der Waals surface area contributed by atoms with Crippen molar-refractivity contribution in [2.24, 2.45) is 0 Å². The minimum absolute atomic E-state index is 0.0157. The van der Waals surface area contributed by atoms with Crippen molar-refractivity contribution < 1.29 is 18.4 Å². The average Bonchev–Trinajstić information content (AvgIpc) is 2.88. The first kappa shape index (κ1) is 24.9. The zero-order valence-electron chi connectivity index (χ0n) is 19.4. The van der Waals surface area contributed by atoms with Gasteiger partial charge in [-0.15, -0.1) is 0 Å². The molecule has 1 unspecified atom stereocenters. The molecule has 8 heteroatoms. The van der Waals surface area contributed by atoms with E-state index in [-0.39, 0.29) is 23.4 Å². The highest BCUT2D eigenvalue weighted by Crippen LogP contribution is 2.35. The number of hydrogen-bond donors (Lipinski definition) is 1. The van der Waals surface area contributed by atoms with Crippen LogP contribution in [0.2, 0.25) is 0 Å². The molecule has 4 rings (SSSR count). The fraction of sp³-hybridized carbons (Fsp3) is 0.333. The van der Waals surface area contributed by atoms with Crippen LogP contribution in [0.25, 0.3) is 0 Å². The Kier molecular flexibility index (Phi) is 8.52. The standard InChI is InChI=1S/C27H29F2N3O3/c28-23-9-3-21(4-10-23)27(22-5-11-24(29)12-6-22)35-26(2-1-17-31-18-15-30-16-19-31)20-7-13-25(14-8-20)32(33)34/h3-14,26-27,30H,1-2,15-19H2. The van der Waals surface area contributed by atoms with Crippen LogP contribution in [-0.4, -0.2) is 42.5 Å². The third kappa shape index (κ3) is 6.91. The Balaban J connectivity index is 1.59. The number of nitro groups is 1. The predicted molar refractivity (Wildman–Crippen MR) is 130 cm³/mol. The third-order valence-corrected chi connectivity index (χ3v) is 6.27. The monoisotopic (exact) mass is 481 g/mol. The van der Waals surface area contributed by atoms with E-state index in [4.69, 9.17) is 4.74 Å². The Hall–Kier alpha value is -3.20. The second-order valence-electron chi connectivity index (χ2n) is 8.69. The van der Waals surface area contributed by atoms with Gasteiger partial charge in [0.2, 0.25) is 0 Å². The maximum absolute atomic E-state index is 13.6. The van der Waals surface area contributed by atoms with Crippen LogP contribution in [0.15, 0.2) is 72.8 Å². The summed E-state index contributed by atoms with van der Waals surface area (Å²) in [6.45, 7) is 4.86. The molecule has 0 amide bonds. The van der Waals surface area contributed by atoms with Gasteiger partial charge in [-0.25, -0.2) is 8.78 Å². The van der Waals surface area contributed by atoms with Crippen LogP contribution in [0.1, 0.15) is 41.7 Å². The number of nitro benzene ring substituents is 1. The molecule has 1 aliphatic rings. The Labute approximate surface area is 203 Å². The van der Waals surface area contributed by atoms with Crippen LogP contribution in [0.5, 0.6) is 0 Å². The van der Waals surface area contributed by atoms with Crippen molar-refractivity contribution in [1.29, 1.82) is 0 Å². The molecule has 1 saturated heterocycles. The molecule has 1 heterocycles. The molecule has 3 aromatic carbocycles. The van der Waals surface area contributed by atoms with E-state index in [1.54, 1.807) is 36.4 Å². The number of halogens is 2. The lowest BCUT2D eigenvalue weighted by atomic mass is 9.99. The van der Waals surface area contributed by atoms with Gasteiger partial charge in [0.1, 0.15) is 17.7 Å². The van der Waals surface area contributed by atoms with Gasteiger partial charge < -0.3 is 15.0 Å². The van der Waals surface area contributed by atoms with E-state index in [1.807, 2.05) is 0 Å². The van der Waals surface area contributed by atoms with E-state index in [0.717, 1.165) is 55.8 Å². The van der Waals surface area contributed by atoms with Crippen LogP contribution < -0.4 is 5.32 Å². The van der Waals surface area contributed by atoms with E-state index in [1.165, 1.54) is 36.4 Å². The van der Waals surface area contributed by atoms with E-state index in [9.17, 15) is 18.9 Å². The van der Waals surface area contributed by atoms with Gasteiger partial charge in [-0.2, -0.15) is 0 Å². The lowest BCUT2D eigenvalue weighted by Gasteiger charge is -2.29. The fourth-order valence-corrected chi connectivity index (χ4v) is 4.35. The smallest absolute Gasteiger partial charge is 0.269 e. The highest BCUT2D eigenvalue weighted by Gasteiger charge is 2.23. The first-order valence-corrected chi connectivity index (χ1v) is 11.8. The fourth-order valence-electron chi connectivity index (χ4n) is 4.35. The quantitative estimate of drug-likeness (QED) is 0.310.